The number of anilines is 2. The average Bonchev–Trinajstić information content (AvgIpc) is 3.38. The van der Waals surface area contributed by atoms with Crippen molar-refractivity contribution in [3.8, 4) is 6.01 Å². The van der Waals surface area contributed by atoms with Gasteiger partial charge in [-0.3, -0.25) is 14.6 Å². The van der Waals surface area contributed by atoms with E-state index in [1.165, 1.54) is 31.8 Å². The molecule has 1 saturated heterocycles. The molecule has 3 heterocycles. The van der Waals surface area contributed by atoms with Crippen LogP contribution in [0.3, 0.4) is 0 Å². The molecular formula is C24H21ClF4N6O4. The van der Waals surface area contributed by atoms with Gasteiger partial charge in [0.1, 0.15) is 11.4 Å². The molecule has 0 bridgehead atoms. The summed E-state index contributed by atoms with van der Waals surface area (Å²) in [5, 5.41) is 7.91. The molecule has 2 aromatic heterocycles. The van der Waals surface area contributed by atoms with Crippen LogP contribution in [0.2, 0.25) is 5.02 Å². The number of hydrogen-bond donors (Lipinski definition) is 3. The van der Waals surface area contributed by atoms with Crippen LogP contribution < -0.4 is 20.7 Å². The summed E-state index contributed by atoms with van der Waals surface area (Å²) in [7, 11) is 1.38. The number of amides is 2. The van der Waals surface area contributed by atoms with Gasteiger partial charge in [-0.05, 0) is 24.3 Å². The van der Waals surface area contributed by atoms with Gasteiger partial charge < -0.3 is 25.4 Å². The third-order valence-electron chi connectivity index (χ3n) is 5.78. The first-order valence-corrected chi connectivity index (χ1v) is 11.7. The van der Waals surface area contributed by atoms with Crippen molar-refractivity contribution < 1.29 is 36.6 Å². The Morgan fingerprint density at radius 1 is 1.15 bits per heavy atom. The Morgan fingerprint density at radius 2 is 1.90 bits per heavy atom. The molecule has 1 aliphatic heterocycles. The molecule has 0 aliphatic carbocycles. The molecule has 3 N–H and O–H groups in total. The lowest BCUT2D eigenvalue weighted by Gasteiger charge is -2.27. The minimum absolute atomic E-state index is 0.0482. The number of nitrogens with one attached hydrogen (secondary N) is 3. The number of hydrogen-bond acceptors (Lipinski definition) is 8. The van der Waals surface area contributed by atoms with E-state index in [2.05, 4.69) is 30.9 Å². The van der Waals surface area contributed by atoms with Gasteiger partial charge in [0.25, 0.3) is 5.91 Å². The van der Waals surface area contributed by atoms with E-state index in [-0.39, 0.29) is 59.8 Å². The van der Waals surface area contributed by atoms with Crippen molar-refractivity contribution in [1.82, 2.24) is 25.6 Å². The van der Waals surface area contributed by atoms with Gasteiger partial charge in [-0.15, -0.1) is 0 Å². The summed E-state index contributed by atoms with van der Waals surface area (Å²) in [4.78, 5) is 37.7. The molecule has 3 aromatic rings. The summed E-state index contributed by atoms with van der Waals surface area (Å²) >= 11 is 6.26. The van der Waals surface area contributed by atoms with Crippen LogP contribution in [-0.4, -0.2) is 52.6 Å². The smallest absolute Gasteiger partial charge is 0.418 e. The quantitative estimate of drug-likeness (QED) is 0.352. The standard InChI is InChI=1S/C24H21ClF4N6O4/c1-38-22-32-8-13(9-33-22)20(36)35-23(4-5-39-12-23)21(37)31-11-19-17(25)7-15(10-30-19)34-18-3-2-14(26)6-16(18)24(27,28)29/h2-3,6-10,34H,4-5,11-12H2,1H3,(H,31,37)(H,35,36). The van der Waals surface area contributed by atoms with Gasteiger partial charge in [-0.25, -0.2) is 14.4 Å². The van der Waals surface area contributed by atoms with Gasteiger partial charge in [0.2, 0.25) is 5.91 Å². The molecule has 0 radical (unpaired) electrons. The van der Waals surface area contributed by atoms with Crippen LogP contribution in [0, 0.1) is 5.82 Å². The summed E-state index contributed by atoms with van der Waals surface area (Å²) in [6.07, 6.45) is -0.861. The minimum atomic E-state index is -4.79. The highest BCUT2D eigenvalue weighted by molar-refractivity contribution is 6.31. The number of pyridine rings is 1. The Morgan fingerprint density at radius 3 is 2.51 bits per heavy atom. The van der Waals surface area contributed by atoms with E-state index in [1.54, 1.807) is 0 Å². The lowest BCUT2D eigenvalue weighted by Crippen LogP contribution is -2.59. The topological polar surface area (TPSA) is 127 Å². The SMILES string of the molecule is COc1ncc(C(=O)NC2(C(=O)NCc3ncc(Nc4ccc(F)cc4C(F)(F)F)cc3Cl)CCOC2)cn1. The molecule has 10 nitrogen and oxygen atoms in total. The Bertz CT molecular complexity index is 1370. The van der Waals surface area contributed by atoms with Crippen LogP contribution in [0.1, 0.15) is 28.0 Å². The summed E-state index contributed by atoms with van der Waals surface area (Å²) in [5.74, 6) is -2.18. The van der Waals surface area contributed by atoms with Gasteiger partial charge in [0, 0.05) is 25.4 Å². The molecule has 4 rings (SSSR count). The summed E-state index contributed by atoms with van der Waals surface area (Å²) in [5.41, 5.74) is -2.51. The number of ether oxygens (including phenoxy) is 2. The normalized spacial score (nSPS) is 17.0. The van der Waals surface area contributed by atoms with Crippen molar-refractivity contribution in [1.29, 1.82) is 0 Å². The molecule has 206 valence electrons. The molecule has 39 heavy (non-hydrogen) atoms. The fourth-order valence-electron chi connectivity index (χ4n) is 3.74. The summed E-state index contributed by atoms with van der Waals surface area (Å²) < 4.78 is 63.4. The largest absolute Gasteiger partial charge is 0.467 e. The van der Waals surface area contributed by atoms with Crippen molar-refractivity contribution >= 4 is 34.8 Å². The number of methoxy groups -OCH3 is 1. The number of benzene rings is 1. The number of aromatic nitrogens is 3. The second-order valence-electron chi connectivity index (χ2n) is 8.45. The number of carbonyl (C=O) groups excluding carboxylic acids is 2. The molecule has 1 atom stereocenters. The van der Waals surface area contributed by atoms with Crippen molar-refractivity contribution in [3.05, 3.63) is 70.5 Å². The first kappa shape index (κ1) is 28.0. The molecule has 1 aliphatic rings. The highest BCUT2D eigenvalue weighted by Crippen LogP contribution is 2.36. The van der Waals surface area contributed by atoms with Crippen LogP contribution in [0.5, 0.6) is 6.01 Å². The number of rotatable bonds is 8. The van der Waals surface area contributed by atoms with Crippen molar-refractivity contribution in [2.24, 2.45) is 0 Å². The molecule has 0 saturated carbocycles. The molecule has 0 spiro atoms. The fraction of sp³-hybridized carbons (Fsp3) is 0.292. The maximum Gasteiger partial charge on any atom is 0.418 e. The zero-order valence-electron chi connectivity index (χ0n) is 20.2. The highest BCUT2D eigenvalue weighted by atomic mass is 35.5. The Kier molecular flexibility index (Phi) is 8.16. The van der Waals surface area contributed by atoms with E-state index in [1.807, 2.05) is 0 Å². The van der Waals surface area contributed by atoms with E-state index < -0.39 is 34.9 Å². The Labute approximate surface area is 224 Å². The van der Waals surface area contributed by atoms with E-state index in [0.29, 0.717) is 6.07 Å². The second kappa shape index (κ2) is 11.4. The first-order chi connectivity index (χ1) is 18.5. The van der Waals surface area contributed by atoms with Crippen LogP contribution in [0.4, 0.5) is 28.9 Å². The van der Waals surface area contributed by atoms with E-state index in [4.69, 9.17) is 21.1 Å². The second-order valence-corrected chi connectivity index (χ2v) is 8.85. The van der Waals surface area contributed by atoms with Gasteiger partial charge in [-0.1, -0.05) is 11.6 Å². The van der Waals surface area contributed by atoms with Gasteiger partial charge >= 0.3 is 12.2 Å². The molecule has 15 heteroatoms. The molecule has 1 aromatic carbocycles. The Hall–Kier alpha value is -4.04. The number of alkyl halides is 3. The number of carbonyl (C=O) groups is 2. The summed E-state index contributed by atoms with van der Waals surface area (Å²) in [6.45, 7) is 0.00581. The van der Waals surface area contributed by atoms with E-state index >= 15 is 0 Å². The first-order valence-electron chi connectivity index (χ1n) is 11.3. The van der Waals surface area contributed by atoms with E-state index in [0.717, 1.165) is 12.1 Å². The maximum absolute atomic E-state index is 13.4. The minimum Gasteiger partial charge on any atom is -0.467 e. The van der Waals surface area contributed by atoms with Gasteiger partial charge in [0.05, 0.1) is 59.7 Å². The monoisotopic (exact) mass is 568 g/mol. The molecule has 2 amide bonds. The number of halogens is 5. The Balaban J connectivity index is 1.43. The lowest BCUT2D eigenvalue weighted by molar-refractivity contribution is -0.137. The predicted octanol–water partition coefficient (Wildman–Crippen LogP) is 3.64. The van der Waals surface area contributed by atoms with Crippen LogP contribution >= 0.6 is 11.6 Å². The van der Waals surface area contributed by atoms with Crippen LogP contribution in [0.25, 0.3) is 0 Å². The van der Waals surface area contributed by atoms with Crippen molar-refractivity contribution in [3.63, 3.8) is 0 Å². The zero-order chi connectivity index (χ0) is 28.2. The van der Waals surface area contributed by atoms with Crippen molar-refractivity contribution in [2.75, 3.05) is 25.6 Å². The predicted molar refractivity (Wildman–Crippen MR) is 130 cm³/mol. The fourth-order valence-corrected chi connectivity index (χ4v) is 3.97. The average molecular weight is 569 g/mol. The molecular weight excluding hydrogens is 548 g/mol. The van der Waals surface area contributed by atoms with E-state index in [9.17, 15) is 27.2 Å². The highest BCUT2D eigenvalue weighted by Gasteiger charge is 2.44. The summed E-state index contributed by atoms with van der Waals surface area (Å²) in [6, 6.07) is 3.62. The zero-order valence-corrected chi connectivity index (χ0v) is 21.0. The van der Waals surface area contributed by atoms with Crippen LogP contribution in [0.15, 0.2) is 42.9 Å². The molecule has 1 fully saturated rings. The van der Waals surface area contributed by atoms with Crippen molar-refractivity contribution in [2.45, 2.75) is 24.7 Å². The van der Waals surface area contributed by atoms with Gasteiger partial charge in [0.15, 0.2) is 0 Å². The lowest BCUT2D eigenvalue weighted by atomic mass is 9.96. The molecule has 1 unspecified atom stereocenters. The third-order valence-corrected chi connectivity index (χ3v) is 6.11. The number of nitrogens with zero attached hydrogens (tertiary/aromatic N) is 3. The maximum atomic E-state index is 13.4. The third kappa shape index (κ3) is 6.52. The van der Waals surface area contributed by atoms with Crippen LogP contribution in [-0.2, 0) is 22.3 Å². The van der Waals surface area contributed by atoms with Gasteiger partial charge in [-0.2, -0.15) is 13.2 Å².